The maximum absolute atomic E-state index is 11.6. The molecule has 0 fully saturated rings. The van der Waals surface area contributed by atoms with Crippen molar-refractivity contribution in [1.82, 2.24) is 0 Å². The molecular weight excluding hydrogens is 232 g/mol. The summed E-state index contributed by atoms with van der Waals surface area (Å²) in [5.41, 5.74) is 4.31. The Kier molecular flexibility index (Phi) is 4.95. The van der Waals surface area contributed by atoms with Crippen LogP contribution in [-0.4, -0.2) is 5.78 Å². The van der Waals surface area contributed by atoms with Crippen LogP contribution in [-0.2, 0) is 17.6 Å². The van der Waals surface area contributed by atoms with E-state index in [-0.39, 0.29) is 5.78 Å². The van der Waals surface area contributed by atoms with Crippen LogP contribution in [0, 0.1) is 0 Å². The van der Waals surface area contributed by atoms with Crippen LogP contribution in [0.15, 0.2) is 24.8 Å². The van der Waals surface area contributed by atoms with Gasteiger partial charge in [0.15, 0.2) is 5.78 Å². The molecular formula is C18H24O. The van der Waals surface area contributed by atoms with E-state index in [0.29, 0.717) is 12.0 Å². The Morgan fingerprint density at radius 3 is 2.63 bits per heavy atom. The van der Waals surface area contributed by atoms with Gasteiger partial charge in [-0.15, -0.1) is 0 Å². The van der Waals surface area contributed by atoms with Gasteiger partial charge in [-0.25, -0.2) is 0 Å². The molecule has 1 nitrogen and oxygen atoms in total. The first kappa shape index (κ1) is 14.0. The number of Topliss-reactive ketones (excluding diaryl/α,β-unsaturated/α-hetero) is 1. The van der Waals surface area contributed by atoms with E-state index in [1.54, 1.807) is 0 Å². The molecule has 0 spiro atoms. The zero-order valence-electron chi connectivity index (χ0n) is 12.0. The van der Waals surface area contributed by atoms with E-state index >= 15 is 0 Å². The van der Waals surface area contributed by atoms with Crippen LogP contribution in [0.25, 0.3) is 5.57 Å². The van der Waals surface area contributed by atoms with E-state index in [0.717, 1.165) is 12.0 Å². The molecule has 19 heavy (non-hydrogen) atoms. The van der Waals surface area contributed by atoms with Gasteiger partial charge in [-0.1, -0.05) is 63.8 Å². The van der Waals surface area contributed by atoms with Crippen molar-refractivity contribution < 1.29 is 4.79 Å². The fraction of sp³-hybridized carbons (Fsp3) is 0.500. The van der Waals surface area contributed by atoms with E-state index in [1.165, 1.54) is 49.7 Å². The molecule has 0 heterocycles. The summed E-state index contributed by atoms with van der Waals surface area (Å²) < 4.78 is 0. The first-order valence-electron chi connectivity index (χ1n) is 7.56. The molecule has 0 N–H and O–H groups in total. The Balaban J connectivity index is 1.82. The highest BCUT2D eigenvalue weighted by molar-refractivity contribution is 6.24. The summed E-state index contributed by atoms with van der Waals surface area (Å²) in [4.78, 5) is 11.6. The summed E-state index contributed by atoms with van der Waals surface area (Å²) in [5, 5.41) is 0. The normalized spacial score (nSPS) is 13.9. The van der Waals surface area contributed by atoms with Crippen LogP contribution in [0.4, 0.5) is 0 Å². The Bertz CT molecular complexity index is 471. The van der Waals surface area contributed by atoms with Crippen molar-refractivity contribution in [3.8, 4) is 0 Å². The zero-order valence-corrected chi connectivity index (χ0v) is 12.0. The fourth-order valence-corrected chi connectivity index (χ4v) is 2.78. The number of ketones is 1. The average Bonchev–Trinajstić information content (AvgIpc) is 2.69. The second kappa shape index (κ2) is 6.70. The average molecular weight is 256 g/mol. The number of allylic oxidation sites excluding steroid dienone is 1. The summed E-state index contributed by atoms with van der Waals surface area (Å²) >= 11 is 0. The molecule has 0 saturated heterocycles. The van der Waals surface area contributed by atoms with Crippen LogP contribution < -0.4 is 0 Å². The molecule has 1 aliphatic carbocycles. The number of carbonyl (C=O) groups is 1. The van der Waals surface area contributed by atoms with Crippen LogP contribution in [0.2, 0.25) is 0 Å². The van der Waals surface area contributed by atoms with E-state index in [9.17, 15) is 4.79 Å². The van der Waals surface area contributed by atoms with Crippen molar-refractivity contribution >= 4 is 11.4 Å². The van der Waals surface area contributed by atoms with Crippen LogP contribution in [0.1, 0.15) is 62.1 Å². The highest BCUT2D eigenvalue weighted by Crippen LogP contribution is 2.29. The molecule has 0 bridgehead atoms. The van der Waals surface area contributed by atoms with Gasteiger partial charge < -0.3 is 0 Å². The third kappa shape index (κ3) is 3.56. The summed E-state index contributed by atoms with van der Waals surface area (Å²) in [6.07, 6.45) is 9.67. The molecule has 102 valence electrons. The lowest BCUT2D eigenvalue weighted by atomic mass is 10.0. The lowest BCUT2D eigenvalue weighted by molar-refractivity contribution is -0.112. The predicted octanol–water partition coefficient (Wildman–Crippen LogP) is 4.73. The third-order valence-electron chi connectivity index (χ3n) is 4.00. The van der Waals surface area contributed by atoms with Crippen molar-refractivity contribution in [2.45, 2.75) is 58.3 Å². The smallest absolute Gasteiger partial charge is 0.167 e. The van der Waals surface area contributed by atoms with Crippen LogP contribution >= 0.6 is 0 Å². The predicted molar refractivity (Wildman–Crippen MR) is 81.3 cm³/mol. The minimum absolute atomic E-state index is 0.187. The van der Waals surface area contributed by atoms with Gasteiger partial charge in [-0.3, -0.25) is 4.79 Å². The van der Waals surface area contributed by atoms with Crippen molar-refractivity contribution in [3.63, 3.8) is 0 Å². The molecule has 0 unspecified atom stereocenters. The van der Waals surface area contributed by atoms with Gasteiger partial charge in [-0.2, -0.15) is 0 Å². The molecule has 1 aliphatic rings. The number of rotatable bonds is 7. The van der Waals surface area contributed by atoms with Crippen molar-refractivity contribution in [1.29, 1.82) is 0 Å². The minimum Gasteiger partial charge on any atom is -0.294 e. The van der Waals surface area contributed by atoms with Crippen molar-refractivity contribution in [2.75, 3.05) is 0 Å². The topological polar surface area (TPSA) is 17.1 Å². The summed E-state index contributed by atoms with van der Waals surface area (Å²) in [5.74, 6) is 0.187. The molecule has 0 saturated carbocycles. The number of hydrogen-bond donors (Lipinski definition) is 0. The fourth-order valence-electron chi connectivity index (χ4n) is 2.78. The maximum atomic E-state index is 11.6. The van der Waals surface area contributed by atoms with E-state index in [1.807, 2.05) is 0 Å². The standard InChI is InChI=1S/C18H24O/c1-3-4-5-6-7-8-9-15-10-11-17-14(2)18(19)13-16(17)12-15/h10-12H,2-9,13H2,1H3. The molecule has 2 rings (SSSR count). The molecule has 0 amide bonds. The van der Waals surface area contributed by atoms with E-state index in [2.05, 4.69) is 31.7 Å². The van der Waals surface area contributed by atoms with Gasteiger partial charge in [0, 0.05) is 12.0 Å². The Morgan fingerprint density at radius 2 is 1.84 bits per heavy atom. The lowest BCUT2D eigenvalue weighted by Gasteiger charge is -2.05. The maximum Gasteiger partial charge on any atom is 0.167 e. The number of aryl methyl sites for hydroxylation is 1. The highest BCUT2D eigenvalue weighted by atomic mass is 16.1. The summed E-state index contributed by atoms with van der Waals surface area (Å²) in [6, 6.07) is 6.45. The first-order valence-corrected chi connectivity index (χ1v) is 7.56. The van der Waals surface area contributed by atoms with Gasteiger partial charge in [0.1, 0.15) is 0 Å². The number of hydrogen-bond acceptors (Lipinski definition) is 1. The van der Waals surface area contributed by atoms with Gasteiger partial charge >= 0.3 is 0 Å². The zero-order chi connectivity index (χ0) is 13.7. The van der Waals surface area contributed by atoms with Crippen LogP contribution in [0.3, 0.4) is 0 Å². The molecule has 0 radical (unpaired) electrons. The number of unbranched alkanes of at least 4 members (excludes halogenated alkanes) is 5. The molecule has 1 aromatic rings. The quantitative estimate of drug-likeness (QED) is 0.509. The summed E-state index contributed by atoms with van der Waals surface area (Å²) in [6.45, 7) is 6.11. The first-order chi connectivity index (χ1) is 9.22. The molecule has 0 aliphatic heterocycles. The summed E-state index contributed by atoms with van der Waals surface area (Å²) in [7, 11) is 0. The Labute approximate surface area is 116 Å². The minimum atomic E-state index is 0.187. The number of fused-ring (bicyclic) bond motifs is 1. The third-order valence-corrected chi connectivity index (χ3v) is 4.00. The second-order valence-corrected chi connectivity index (χ2v) is 5.59. The van der Waals surface area contributed by atoms with E-state index < -0.39 is 0 Å². The second-order valence-electron chi connectivity index (χ2n) is 5.59. The molecule has 1 heteroatoms. The highest BCUT2D eigenvalue weighted by Gasteiger charge is 2.22. The molecule has 0 aromatic heterocycles. The SMILES string of the molecule is C=C1C(=O)Cc2cc(CCCCCCCC)ccc21. The Morgan fingerprint density at radius 1 is 1.11 bits per heavy atom. The van der Waals surface area contributed by atoms with Gasteiger partial charge in [0.2, 0.25) is 0 Å². The number of carbonyl (C=O) groups excluding carboxylic acids is 1. The van der Waals surface area contributed by atoms with E-state index in [4.69, 9.17) is 0 Å². The number of benzene rings is 1. The van der Waals surface area contributed by atoms with Crippen molar-refractivity contribution in [2.24, 2.45) is 0 Å². The van der Waals surface area contributed by atoms with Crippen molar-refractivity contribution in [3.05, 3.63) is 41.5 Å². The monoisotopic (exact) mass is 256 g/mol. The molecule has 0 atom stereocenters. The van der Waals surface area contributed by atoms with Gasteiger partial charge in [0.05, 0.1) is 0 Å². The largest absolute Gasteiger partial charge is 0.294 e. The van der Waals surface area contributed by atoms with Gasteiger partial charge in [0.25, 0.3) is 0 Å². The molecule has 1 aromatic carbocycles. The lowest BCUT2D eigenvalue weighted by Crippen LogP contribution is -1.91. The Hall–Kier alpha value is -1.37. The van der Waals surface area contributed by atoms with Crippen LogP contribution in [0.5, 0.6) is 0 Å². The van der Waals surface area contributed by atoms with Gasteiger partial charge in [-0.05, 0) is 29.5 Å².